The topological polar surface area (TPSA) is 26.3 Å². The van der Waals surface area contributed by atoms with Crippen LogP contribution in [0.2, 0.25) is 0 Å². The van der Waals surface area contributed by atoms with Crippen LogP contribution < -0.4 is 0 Å². The van der Waals surface area contributed by atoms with E-state index in [-0.39, 0.29) is 5.97 Å². The Kier molecular flexibility index (Phi) is 12.5. The van der Waals surface area contributed by atoms with Crippen molar-refractivity contribution in [1.82, 2.24) is 0 Å². The van der Waals surface area contributed by atoms with Crippen LogP contribution in [-0.2, 0) is 9.53 Å². The van der Waals surface area contributed by atoms with Crippen LogP contribution in [0, 0.1) is 5.92 Å². The molecule has 130 valence electrons. The SMILES string of the molecule is CCOC(=O)CCC1CCCCCCCCCCCCCC1. The number of esters is 1. The highest BCUT2D eigenvalue weighted by Crippen LogP contribution is 2.24. The maximum absolute atomic E-state index is 11.6. The molecule has 0 saturated heterocycles. The molecule has 0 aromatic rings. The third kappa shape index (κ3) is 11.1. The molecule has 0 N–H and O–H groups in total. The van der Waals surface area contributed by atoms with Gasteiger partial charge in [0.15, 0.2) is 0 Å². The molecule has 0 heterocycles. The van der Waals surface area contributed by atoms with Crippen LogP contribution in [0.1, 0.15) is 110 Å². The predicted molar refractivity (Wildman–Crippen MR) is 94.0 cm³/mol. The Morgan fingerprint density at radius 2 is 1.18 bits per heavy atom. The first-order chi connectivity index (χ1) is 10.8. The zero-order valence-electron chi connectivity index (χ0n) is 14.9. The van der Waals surface area contributed by atoms with Crippen molar-refractivity contribution < 1.29 is 9.53 Å². The van der Waals surface area contributed by atoms with Crippen molar-refractivity contribution in [1.29, 1.82) is 0 Å². The van der Waals surface area contributed by atoms with Gasteiger partial charge >= 0.3 is 5.97 Å². The lowest BCUT2D eigenvalue weighted by atomic mass is 9.90. The summed E-state index contributed by atoms with van der Waals surface area (Å²) in [5.74, 6) is 0.743. The van der Waals surface area contributed by atoms with Crippen LogP contribution in [0.3, 0.4) is 0 Å². The highest BCUT2D eigenvalue weighted by Gasteiger charge is 2.12. The minimum atomic E-state index is -0.00149. The van der Waals surface area contributed by atoms with E-state index in [1.807, 2.05) is 6.92 Å². The van der Waals surface area contributed by atoms with E-state index in [1.165, 1.54) is 89.9 Å². The molecule has 0 aromatic carbocycles. The zero-order valence-corrected chi connectivity index (χ0v) is 14.9. The lowest BCUT2D eigenvalue weighted by Crippen LogP contribution is -2.08. The van der Waals surface area contributed by atoms with Gasteiger partial charge in [0, 0.05) is 6.42 Å². The lowest BCUT2D eigenvalue weighted by molar-refractivity contribution is -0.143. The van der Waals surface area contributed by atoms with Gasteiger partial charge in [0.2, 0.25) is 0 Å². The van der Waals surface area contributed by atoms with Crippen molar-refractivity contribution in [2.24, 2.45) is 5.92 Å². The van der Waals surface area contributed by atoms with Crippen molar-refractivity contribution in [3.8, 4) is 0 Å². The summed E-state index contributed by atoms with van der Waals surface area (Å²) in [5, 5.41) is 0. The van der Waals surface area contributed by atoms with Gasteiger partial charge in [0.05, 0.1) is 6.61 Å². The van der Waals surface area contributed by atoms with Gasteiger partial charge in [-0.25, -0.2) is 0 Å². The maximum atomic E-state index is 11.6. The third-order valence-corrected chi connectivity index (χ3v) is 5.04. The minimum Gasteiger partial charge on any atom is -0.466 e. The van der Waals surface area contributed by atoms with Crippen LogP contribution >= 0.6 is 0 Å². The summed E-state index contributed by atoms with van der Waals surface area (Å²) >= 11 is 0. The normalized spacial score (nSPS) is 20.8. The molecule has 22 heavy (non-hydrogen) atoms. The molecule has 1 saturated carbocycles. The van der Waals surface area contributed by atoms with Crippen molar-refractivity contribution >= 4 is 5.97 Å². The number of hydrogen-bond donors (Lipinski definition) is 0. The molecule has 0 amide bonds. The smallest absolute Gasteiger partial charge is 0.305 e. The van der Waals surface area contributed by atoms with Gasteiger partial charge in [0.1, 0.15) is 0 Å². The number of ether oxygens (including phenoxy) is 1. The number of carbonyl (C=O) groups is 1. The van der Waals surface area contributed by atoms with Gasteiger partial charge in [0.25, 0.3) is 0 Å². The summed E-state index contributed by atoms with van der Waals surface area (Å²) in [6.45, 7) is 2.41. The molecule has 0 unspecified atom stereocenters. The fraction of sp³-hybridized carbons (Fsp3) is 0.950. The molecule has 0 aliphatic heterocycles. The van der Waals surface area contributed by atoms with Crippen LogP contribution in [-0.4, -0.2) is 12.6 Å². The zero-order chi connectivity index (χ0) is 15.9. The van der Waals surface area contributed by atoms with E-state index in [0.29, 0.717) is 13.0 Å². The highest BCUT2D eigenvalue weighted by molar-refractivity contribution is 5.69. The summed E-state index contributed by atoms with van der Waals surface area (Å²) in [6.07, 6.45) is 21.2. The van der Waals surface area contributed by atoms with E-state index in [4.69, 9.17) is 4.74 Å². The summed E-state index contributed by atoms with van der Waals surface area (Å²) in [7, 11) is 0. The van der Waals surface area contributed by atoms with E-state index in [0.717, 1.165) is 12.3 Å². The average Bonchev–Trinajstić information content (AvgIpc) is 2.52. The summed E-state index contributed by atoms with van der Waals surface area (Å²) < 4.78 is 5.08. The van der Waals surface area contributed by atoms with E-state index >= 15 is 0 Å². The van der Waals surface area contributed by atoms with Gasteiger partial charge in [-0.05, 0) is 19.3 Å². The summed E-state index contributed by atoms with van der Waals surface area (Å²) in [4.78, 5) is 11.6. The Labute approximate surface area is 138 Å². The number of rotatable bonds is 4. The molecular weight excluding hydrogens is 272 g/mol. The van der Waals surface area contributed by atoms with Gasteiger partial charge in [-0.2, -0.15) is 0 Å². The van der Waals surface area contributed by atoms with Crippen molar-refractivity contribution in [3.05, 3.63) is 0 Å². The Balaban J connectivity index is 2.27. The largest absolute Gasteiger partial charge is 0.466 e. The van der Waals surface area contributed by atoms with Crippen LogP contribution in [0.15, 0.2) is 0 Å². The molecule has 2 nitrogen and oxygen atoms in total. The molecule has 1 fully saturated rings. The Hall–Kier alpha value is -0.530. The molecule has 1 rings (SSSR count). The van der Waals surface area contributed by atoms with Crippen LogP contribution in [0.25, 0.3) is 0 Å². The van der Waals surface area contributed by atoms with Gasteiger partial charge in [-0.1, -0.05) is 89.9 Å². The molecule has 0 aromatic heterocycles. The number of hydrogen-bond acceptors (Lipinski definition) is 2. The van der Waals surface area contributed by atoms with E-state index in [1.54, 1.807) is 0 Å². The van der Waals surface area contributed by atoms with E-state index < -0.39 is 0 Å². The lowest BCUT2D eigenvalue weighted by Gasteiger charge is -2.16. The molecule has 0 bridgehead atoms. The maximum Gasteiger partial charge on any atom is 0.305 e. The fourth-order valence-electron chi connectivity index (χ4n) is 3.62. The second-order valence-electron chi connectivity index (χ2n) is 7.03. The second kappa shape index (κ2) is 14.1. The van der Waals surface area contributed by atoms with Gasteiger partial charge in [-0.15, -0.1) is 0 Å². The van der Waals surface area contributed by atoms with Crippen LogP contribution in [0.4, 0.5) is 0 Å². The van der Waals surface area contributed by atoms with Gasteiger partial charge < -0.3 is 4.74 Å². The van der Waals surface area contributed by atoms with Crippen molar-refractivity contribution in [3.63, 3.8) is 0 Å². The van der Waals surface area contributed by atoms with E-state index in [2.05, 4.69) is 0 Å². The monoisotopic (exact) mass is 310 g/mol. The first kappa shape index (κ1) is 19.5. The van der Waals surface area contributed by atoms with Crippen molar-refractivity contribution in [2.45, 2.75) is 110 Å². The molecule has 0 spiro atoms. The Morgan fingerprint density at radius 3 is 1.59 bits per heavy atom. The van der Waals surface area contributed by atoms with Gasteiger partial charge in [-0.3, -0.25) is 4.79 Å². The fourth-order valence-corrected chi connectivity index (χ4v) is 3.62. The summed E-state index contributed by atoms with van der Waals surface area (Å²) in [6, 6.07) is 0. The third-order valence-electron chi connectivity index (χ3n) is 5.04. The first-order valence-electron chi connectivity index (χ1n) is 9.98. The Morgan fingerprint density at radius 1 is 0.773 bits per heavy atom. The first-order valence-corrected chi connectivity index (χ1v) is 9.98. The second-order valence-corrected chi connectivity index (χ2v) is 7.03. The molecule has 0 radical (unpaired) electrons. The molecular formula is C20H38O2. The Bertz CT molecular complexity index is 246. The molecule has 0 atom stereocenters. The average molecular weight is 311 g/mol. The quantitative estimate of drug-likeness (QED) is 0.560. The predicted octanol–water partition coefficient (Wildman–Crippen LogP) is 6.42. The highest BCUT2D eigenvalue weighted by atomic mass is 16.5. The standard InChI is InChI=1S/C20H38O2/c1-2-22-20(21)18-17-19-15-13-11-9-7-5-3-4-6-8-10-12-14-16-19/h19H,2-18H2,1H3. The molecule has 1 aliphatic rings. The van der Waals surface area contributed by atoms with E-state index in [9.17, 15) is 4.79 Å². The molecule has 1 aliphatic carbocycles. The van der Waals surface area contributed by atoms with Crippen LogP contribution in [0.5, 0.6) is 0 Å². The summed E-state index contributed by atoms with van der Waals surface area (Å²) in [5.41, 5.74) is 0. The minimum absolute atomic E-state index is 0.00149. The number of carbonyl (C=O) groups excluding carboxylic acids is 1. The molecule has 2 heteroatoms. The van der Waals surface area contributed by atoms with Crippen molar-refractivity contribution in [2.75, 3.05) is 6.61 Å².